The molecule has 2 rings (SSSR count). The maximum absolute atomic E-state index is 11.5. The Morgan fingerprint density at radius 1 is 1.33 bits per heavy atom. The lowest BCUT2D eigenvalue weighted by Crippen LogP contribution is -2.22. The summed E-state index contributed by atoms with van der Waals surface area (Å²) in [6.45, 7) is 1.49. The second-order valence-electron chi connectivity index (χ2n) is 3.02. The van der Waals surface area contributed by atoms with Crippen LogP contribution < -0.4 is 4.90 Å². The van der Waals surface area contributed by atoms with Crippen LogP contribution in [0.5, 0.6) is 0 Å². The number of nitrogens with zero attached hydrogens (tertiary/aromatic N) is 3. The number of rotatable bonds is 2. The molecule has 5 nitrogen and oxygen atoms in total. The maximum Gasteiger partial charge on any atom is 0.229 e. The molecule has 0 aliphatic carbocycles. The van der Waals surface area contributed by atoms with Gasteiger partial charge in [0, 0.05) is 6.92 Å². The zero-order valence-electron chi connectivity index (χ0n) is 8.21. The maximum atomic E-state index is 11.5. The number of carbonyl (C=O) groups is 1. The molecule has 0 atom stereocenters. The van der Waals surface area contributed by atoms with Crippen molar-refractivity contribution in [3.05, 3.63) is 36.5 Å². The molecule has 0 radical (unpaired) electrons. The van der Waals surface area contributed by atoms with Gasteiger partial charge in [0.15, 0.2) is 5.82 Å². The van der Waals surface area contributed by atoms with Gasteiger partial charge >= 0.3 is 0 Å². The summed E-state index contributed by atoms with van der Waals surface area (Å²) in [6.07, 6.45) is 1.51. The number of H-pyrrole nitrogens is 1. The second-order valence-corrected chi connectivity index (χ2v) is 3.02. The van der Waals surface area contributed by atoms with Crippen LogP contribution in [0.3, 0.4) is 0 Å². The van der Waals surface area contributed by atoms with Crippen molar-refractivity contribution in [1.82, 2.24) is 15.4 Å². The molecular formula is C10H10N4O. The zero-order valence-corrected chi connectivity index (χ0v) is 8.21. The van der Waals surface area contributed by atoms with Crippen LogP contribution in [0.4, 0.5) is 11.5 Å². The van der Waals surface area contributed by atoms with Crippen molar-refractivity contribution in [2.45, 2.75) is 6.92 Å². The van der Waals surface area contributed by atoms with Crippen molar-refractivity contribution in [3.63, 3.8) is 0 Å². The third-order valence-corrected chi connectivity index (χ3v) is 1.96. The highest BCUT2D eigenvalue weighted by molar-refractivity contribution is 5.97. The Labute approximate surface area is 86.7 Å². The van der Waals surface area contributed by atoms with Gasteiger partial charge in [0.25, 0.3) is 0 Å². The van der Waals surface area contributed by atoms with Crippen molar-refractivity contribution in [1.29, 1.82) is 0 Å². The van der Waals surface area contributed by atoms with Gasteiger partial charge < -0.3 is 0 Å². The van der Waals surface area contributed by atoms with E-state index in [1.807, 2.05) is 30.3 Å². The molecule has 0 bridgehead atoms. The molecule has 76 valence electrons. The first-order chi connectivity index (χ1) is 7.29. The van der Waals surface area contributed by atoms with E-state index in [0.717, 1.165) is 5.69 Å². The minimum absolute atomic E-state index is 0.102. The normalized spacial score (nSPS) is 9.93. The summed E-state index contributed by atoms with van der Waals surface area (Å²) in [5.74, 6) is 0.392. The molecule has 1 aromatic heterocycles. The van der Waals surface area contributed by atoms with Crippen LogP contribution in [-0.2, 0) is 4.79 Å². The van der Waals surface area contributed by atoms with Gasteiger partial charge in [0.1, 0.15) is 0 Å². The van der Waals surface area contributed by atoms with Crippen molar-refractivity contribution >= 4 is 17.4 Å². The fraction of sp³-hybridized carbons (Fsp3) is 0.100. The Morgan fingerprint density at radius 2 is 2.07 bits per heavy atom. The van der Waals surface area contributed by atoms with Gasteiger partial charge in [-0.05, 0) is 12.1 Å². The summed E-state index contributed by atoms with van der Waals surface area (Å²) in [6, 6.07) is 9.31. The predicted molar refractivity (Wildman–Crippen MR) is 55.6 cm³/mol. The fourth-order valence-electron chi connectivity index (χ4n) is 1.36. The van der Waals surface area contributed by atoms with Crippen LogP contribution in [0.2, 0.25) is 0 Å². The van der Waals surface area contributed by atoms with E-state index in [0.29, 0.717) is 5.82 Å². The third-order valence-electron chi connectivity index (χ3n) is 1.96. The lowest BCUT2D eigenvalue weighted by Gasteiger charge is -2.17. The van der Waals surface area contributed by atoms with Gasteiger partial charge in [-0.25, -0.2) is 0 Å². The molecular weight excluding hydrogens is 192 g/mol. The number of hydrogen-bond acceptors (Lipinski definition) is 3. The van der Waals surface area contributed by atoms with Crippen LogP contribution >= 0.6 is 0 Å². The number of amides is 1. The standard InChI is InChI=1S/C10H10N4O/c1-8(15)14(10-7-11-13-12-10)9-5-3-2-4-6-9/h2-7H,1H3,(H,11,12,13). The lowest BCUT2D eigenvalue weighted by atomic mass is 10.3. The third kappa shape index (κ3) is 1.85. The zero-order chi connectivity index (χ0) is 10.7. The van der Waals surface area contributed by atoms with Crippen LogP contribution in [0.1, 0.15) is 6.92 Å². The molecule has 0 saturated heterocycles. The van der Waals surface area contributed by atoms with E-state index in [1.165, 1.54) is 18.0 Å². The predicted octanol–water partition coefficient (Wildman–Crippen LogP) is 1.49. The summed E-state index contributed by atoms with van der Waals surface area (Å²) in [5, 5.41) is 10.0. The minimum atomic E-state index is -0.102. The first kappa shape index (κ1) is 9.39. The molecule has 1 N–H and O–H groups in total. The van der Waals surface area contributed by atoms with E-state index in [2.05, 4.69) is 15.4 Å². The monoisotopic (exact) mass is 202 g/mol. The van der Waals surface area contributed by atoms with E-state index < -0.39 is 0 Å². The fourth-order valence-corrected chi connectivity index (χ4v) is 1.36. The molecule has 0 saturated carbocycles. The van der Waals surface area contributed by atoms with E-state index in [9.17, 15) is 4.79 Å². The van der Waals surface area contributed by atoms with E-state index in [4.69, 9.17) is 0 Å². The number of anilines is 2. The smallest absolute Gasteiger partial charge is 0.229 e. The van der Waals surface area contributed by atoms with Gasteiger partial charge in [-0.15, -0.1) is 5.10 Å². The van der Waals surface area contributed by atoms with Crippen LogP contribution in [0, 0.1) is 0 Å². The number of para-hydroxylation sites is 1. The lowest BCUT2D eigenvalue weighted by molar-refractivity contribution is -0.115. The Bertz CT molecular complexity index is 438. The molecule has 0 unspecified atom stereocenters. The number of aromatic nitrogens is 3. The Kier molecular flexibility index (Phi) is 2.45. The number of aromatic amines is 1. The summed E-state index contributed by atoms with van der Waals surface area (Å²) in [4.78, 5) is 13.0. The highest BCUT2D eigenvalue weighted by Gasteiger charge is 2.15. The topological polar surface area (TPSA) is 61.9 Å². The highest BCUT2D eigenvalue weighted by Crippen LogP contribution is 2.21. The quantitative estimate of drug-likeness (QED) is 0.802. The first-order valence-electron chi connectivity index (χ1n) is 4.50. The van der Waals surface area contributed by atoms with Gasteiger partial charge in [0.05, 0.1) is 11.9 Å². The summed E-state index contributed by atoms with van der Waals surface area (Å²) < 4.78 is 0. The summed E-state index contributed by atoms with van der Waals surface area (Å²) in [5.41, 5.74) is 0.777. The van der Waals surface area contributed by atoms with Gasteiger partial charge in [-0.1, -0.05) is 18.2 Å². The molecule has 1 heterocycles. The molecule has 0 aliphatic rings. The second kappa shape index (κ2) is 3.91. The van der Waals surface area contributed by atoms with E-state index in [-0.39, 0.29) is 5.91 Å². The van der Waals surface area contributed by atoms with E-state index >= 15 is 0 Å². The Morgan fingerprint density at radius 3 is 2.60 bits per heavy atom. The van der Waals surface area contributed by atoms with Crippen molar-refractivity contribution in [3.8, 4) is 0 Å². The number of hydrogen-bond donors (Lipinski definition) is 1. The molecule has 1 aromatic carbocycles. The summed E-state index contributed by atoms with van der Waals surface area (Å²) >= 11 is 0. The number of carbonyl (C=O) groups excluding carboxylic acids is 1. The van der Waals surface area contributed by atoms with Crippen molar-refractivity contribution < 1.29 is 4.79 Å². The first-order valence-corrected chi connectivity index (χ1v) is 4.50. The number of nitrogens with one attached hydrogen (secondary N) is 1. The molecule has 2 aromatic rings. The Balaban J connectivity index is 2.42. The molecule has 0 spiro atoms. The van der Waals surface area contributed by atoms with Crippen LogP contribution in [0.15, 0.2) is 36.5 Å². The van der Waals surface area contributed by atoms with Gasteiger partial charge in [-0.2, -0.15) is 10.3 Å². The molecule has 1 amide bonds. The summed E-state index contributed by atoms with van der Waals surface area (Å²) in [7, 11) is 0. The molecule has 5 heteroatoms. The van der Waals surface area contributed by atoms with Crippen LogP contribution in [0.25, 0.3) is 0 Å². The van der Waals surface area contributed by atoms with Crippen molar-refractivity contribution in [2.24, 2.45) is 0 Å². The SMILES string of the molecule is CC(=O)N(c1ccccc1)c1cn[nH]n1. The van der Waals surface area contributed by atoms with E-state index in [1.54, 1.807) is 0 Å². The molecule has 0 aliphatic heterocycles. The van der Waals surface area contributed by atoms with Gasteiger partial charge in [0.2, 0.25) is 5.91 Å². The Hall–Kier alpha value is -2.17. The van der Waals surface area contributed by atoms with Crippen LogP contribution in [-0.4, -0.2) is 21.3 Å². The van der Waals surface area contributed by atoms with Crippen molar-refractivity contribution in [2.75, 3.05) is 4.90 Å². The number of benzene rings is 1. The molecule has 15 heavy (non-hydrogen) atoms. The average Bonchev–Trinajstić information content (AvgIpc) is 2.72. The van der Waals surface area contributed by atoms with Gasteiger partial charge in [-0.3, -0.25) is 9.69 Å². The minimum Gasteiger partial charge on any atom is -0.274 e. The highest BCUT2D eigenvalue weighted by atomic mass is 16.2. The largest absolute Gasteiger partial charge is 0.274 e. The molecule has 0 fully saturated rings. The average molecular weight is 202 g/mol.